The Morgan fingerprint density at radius 2 is 2.16 bits per heavy atom. The van der Waals surface area contributed by atoms with E-state index in [0.29, 0.717) is 34.2 Å². The molecule has 0 unspecified atom stereocenters. The fourth-order valence-electron chi connectivity index (χ4n) is 3.53. The third kappa shape index (κ3) is 4.43. The maximum atomic E-state index is 15.6. The molecule has 4 N–H and O–H groups in total. The minimum absolute atomic E-state index is 0.244. The molecule has 0 aliphatic heterocycles. The molecule has 0 spiro atoms. The van der Waals surface area contributed by atoms with E-state index in [0.717, 1.165) is 35.3 Å². The van der Waals surface area contributed by atoms with Gasteiger partial charge in [0.25, 0.3) is 0 Å². The molecule has 1 fully saturated rings. The lowest BCUT2D eigenvalue weighted by Crippen LogP contribution is -2.12. The summed E-state index contributed by atoms with van der Waals surface area (Å²) in [5.74, 6) is 0.765. The quantitative estimate of drug-likeness (QED) is 0.346. The van der Waals surface area contributed by atoms with Crippen molar-refractivity contribution in [3.05, 3.63) is 96.0 Å². The van der Waals surface area contributed by atoms with Crippen molar-refractivity contribution in [3.63, 3.8) is 0 Å². The van der Waals surface area contributed by atoms with Crippen molar-refractivity contribution >= 4 is 22.4 Å². The summed E-state index contributed by atoms with van der Waals surface area (Å²) >= 11 is 0. The Bertz CT molecular complexity index is 1180. The first-order chi connectivity index (χ1) is 15.0. The van der Waals surface area contributed by atoms with E-state index in [1.54, 1.807) is 24.4 Å². The van der Waals surface area contributed by atoms with Crippen LogP contribution in [0.25, 0.3) is 16.7 Å². The lowest BCUT2D eigenvalue weighted by Gasteiger charge is -2.14. The van der Waals surface area contributed by atoms with Gasteiger partial charge in [0, 0.05) is 40.8 Å². The molecule has 5 nitrogen and oxygen atoms in total. The van der Waals surface area contributed by atoms with Crippen molar-refractivity contribution in [2.24, 2.45) is 5.92 Å². The number of aromatic amines is 1. The molecule has 2 aromatic heterocycles. The summed E-state index contributed by atoms with van der Waals surface area (Å²) in [5.41, 5.74) is 11.3. The number of halogens is 1. The number of allylic oxidation sites excluding steroid dienone is 5. The minimum atomic E-state index is -0.359. The van der Waals surface area contributed by atoms with E-state index in [9.17, 15) is 0 Å². The van der Waals surface area contributed by atoms with Gasteiger partial charge in [-0.15, -0.1) is 0 Å². The number of fused-ring (bicyclic) bond motifs is 1. The number of nitrogen functional groups attached to an aromatic ring is 1. The van der Waals surface area contributed by atoms with E-state index in [1.165, 1.54) is 0 Å². The van der Waals surface area contributed by atoms with Crippen LogP contribution in [0, 0.1) is 11.7 Å². The van der Waals surface area contributed by atoms with E-state index in [2.05, 4.69) is 33.4 Å². The maximum absolute atomic E-state index is 15.6. The molecule has 0 atom stereocenters. The number of hydrogen-bond acceptors (Lipinski definition) is 4. The van der Waals surface area contributed by atoms with Crippen molar-refractivity contribution in [1.29, 1.82) is 0 Å². The van der Waals surface area contributed by atoms with Gasteiger partial charge in [-0.3, -0.25) is 0 Å². The molecule has 0 saturated heterocycles. The Balaban J connectivity index is 1.65. The first-order valence-electron chi connectivity index (χ1n) is 10.3. The number of nitrogens with one attached hydrogen (secondary N) is 2. The molecular weight excluding hydrogens is 389 g/mol. The molecule has 1 aliphatic carbocycles. The number of hydrogen-bond donors (Lipinski definition) is 3. The Kier molecular flexibility index (Phi) is 5.71. The van der Waals surface area contributed by atoms with Gasteiger partial charge in [0.05, 0.1) is 5.52 Å². The summed E-state index contributed by atoms with van der Waals surface area (Å²) in [4.78, 5) is 11.9. The van der Waals surface area contributed by atoms with E-state index >= 15 is 4.39 Å². The van der Waals surface area contributed by atoms with Gasteiger partial charge in [-0.05, 0) is 67.7 Å². The number of nitrogens with two attached hydrogens (primary N) is 1. The van der Waals surface area contributed by atoms with E-state index < -0.39 is 0 Å². The average Bonchev–Trinajstić information content (AvgIpc) is 3.54. The molecule has 158 valence electrons. The molecule has 3 aromatic rings. The van der Waals surface area contributed by atoms with Gasteiger partial charge in [0.2, 0.25) is 0 Å². The third-order valence-corrected chi connectivity index (χ3v) is 5.46. The van der Waals surface area contributed by atoms with Crippen molar-refractivity contribution < 1.29 is 4.39 Å². The maximum Gasteiger partial charge on any atom is 0.177 e. The zero-order chi connectivity index (χ0) is 22.0. The van der Waals surface area contributed by atoms with Crippen molar-refractivity contribution in [3.8, 4) is 0 Å². The number of benzene rings is 1. The molecule has 2 heterocycles. The second-order valence-corrected chi connectivity index (χ2v) is 7.70. The molecule has 1 saturated carbocycles. The third-order valence-electron chi connectivity index (χ3n) is 5.46. The average molecular weight is 416 g/mol. The van der Waals surface area contributed by atoms with Gasteiger partial charge in [-0.1, -0.05) is 19.2 Å². The van der Waals surface area contributed by atoms with Gasteiger partial charge in [-0.2, -0.15) is 0 Å². The standard InChI is InChI=1S/C25H26FN5/c1-4-16(13-18(5-2)29-15(3)17-8-9-17)19-10-11-21(27)20(24(19)26)14-23-30-22-7-6-12-28-25(22)31-23/h4-7,10-13,17,29H,2-3,8-9,14,27H2,1H3,(H,28,30,31)/b16-4+,18-13+. The van der Waals surface area contributed by atoms with Gasteiger partial charge in [0.1, 0.15) is 11.6 Å². The molecular formula is C25H26FN5. The molecule has 6 heteroatoms. The van der Waals surface area contributed by atoms with Crippen LogP contribution in [0.4, 0.5) is 10.1 Å². The van der Waals surface area contributed by atoms with E-state index in [-0.39, 0.29) is 12.2 Å². The van der Waals surface area contributed by atoms with Crippen molar-refractivity contribution in [2.75, 3.05) is 5.73 Å². The number of rotatable bonds is 8. The highest BCUT2D eigenvalue weighted by atomic mass is 19.1. The minimum Gasteiger partial charge on any atom is -0.398 e. The second kappa shape index (κ2) is 8.60. The number of pyridine rings is 1. The molecule has 1 aromatic carbocycles. The van der Waals surface area contributed by atoms with Crippen LogP contribution in [0.5, 0.6) is 0 Å². The second-order valence-electron chi connectivity index (χ2n) is 7.70. The van der Waals surface area contributed by atoms with Crippen LogP contribution >= 0.6 is 0 Å². The predicted molar refractivity (Wildman–Crippen MR) is 124 cm³/mol. The Labute approximate surface area is 181 Å². The topological polar surface area (TPSA) is 79.6 Å². The lowest BCUT2D eigenvalue weighted by atomic mass is 9.98. The highest BCUT2D eigenvalue weighted by Crippen LogP contribution is 2.35. The summed E-state index contributed by atoms with van der Waals surface area (Å²) < 4.78 is 15.6. The molecule has 4 rings (SSSR count). The van der Waals surface area contributed by atoms with Gasteiger partial charge < -0.3 is 16.0 Å². The van der Waals surface area contributed by atoms with Crippen LogP contribution in [0.1, 0.15) is 36.7 Å². The number of nitrogens with zero attached hydrogens (tertiary/aromatic N) is 2. The van der Waals surface area contributed by atoms with Gasteiger partial charge in [0.15, 0.2) is 5.65 Å². The zero-order valence-electron chi connectivity index (χ0n) is 17.6. The van der Waals surface area contributed by atoms with Gasteiger partial charge in [-0.25, -0.2) is 14.4 Å². The summed E-state index contributed by atoms with van der Waals surface area (Å²) in [6.45, 7) is 9.85. The first-order valence-corrected chi connectivity index (χ1v) is 10.3. The normalized spacial score (nSPS) is 14.6. The predicted octanol–water partition coefficient (Wildman–Crippen LogP) is 5.26. The lowest BCUT2D eigenvalue weighted by molar-refractivity contribution is 0.610. The fourth-order valence-corrected chi connectivity index (χ4v) is 3.53. The summed E-state index contributed by atoms with van der Waals surface area (Å²) in [6.07, 6.45) is 9.69. The van der Waals surface area contributed by atoms with Crippen LogP contribution in [0.15, 0.2) is 73.2 Å². The fraction of sp³-hybridized carbons (Fsp3) is 0.200. The molecule has 31 heavy (non-hydrogen) atoms. The molecule has 0 radical (unpaired) electrons. The zero-order valence-corrected chi connectivity index (χ0v) is 17.6. The van der Waals surface area contributed by atoms with Crippen molar-refractivity contribution in [2.45, 2.75) is 26.2 Å². The largest absolute Gasteiger partial charge is 0.398 e. The molecule has 0 bridgehead atoms. The Morgan fingerprint density at radius 3 is 2.84 bits per heavy atom. The summed E-state index contributed by atoms with van der Waals surface area (Å²) in [6, 6.07) is 7.15. The summed E-state index contributed by atoms with van der Waals surface area (Å²) in [5, 5.41) is 3.30. The van der Waals surface area contributed by atoms with E-state index in [4.69, 9.17) is 5.73 Å². The van der Waals surface area contributed by atoms with Crippen LogP contribution in [-0.2, 0) is 6.42 Å². The van der Waals surface area contributed by atoms with Crippen LogP contribution in [0.2, 0.25) is 0 Å². The Hall–Kier alpha value is -3.67. The van der Waals surface area contributed by atoms with E-state index in [1.807, 2.05) is 31.2 Å². The number of anilines is 1. The Morgan fingerprint density at radius 1 is 1.35 bits per heavy atom. The highest BCUT2D eigenvalue weighted by molar-refractivity contribution is 5.77. The highest BCUT2D eigenvalue weighted by Gasteiger charge is 2.24. The first kappa shape index (κ1) is 20.6. The van der Waals surface area contributed by atoms with Crippen LogP contribution in [-0.4, -0.2) is 15.0 Å². The van der Waals surface area contributed by atoms with Gasteiger partial charge >= 0.3 is 0 Å². The number of aromatic nitrogens is 3. The number of imidazole rings is 1. The molecule has 0 amide bonds. The van der Waals surface area contributed by atoms with Crippen LogP contribution in [0.3, 0.4) is 0 Å². The monoisotopic (exact) mass is 415 g/mol. The number of H-pyrrole nitrogens is 1. The van der Waals surface area contributed by atoms with Crippen LogP contribution < -0.4 is 11.1 Å². The smallest absolute Gasteiger partial charge is 0.177 e. The van der Waals surface area contributed by atoms with Crippen molar-refractivity contribution in [1.82, 2.24) is 20.3 Å². The summed E-state index contributed by atoms with van der Waals surface area (Å²) in [7, 11) is 0. The SMILES string of the molecule is C=C/C(=C\C(=C/C)c1ccc(N)c(Cc2nc3ncccc3[nH]2)c1F)NC(=C)C1CC1. The molecule has 1 aliphatic rings.